The van der Waals surface area contributed by atoms with Crippen LogP contribution < -0.4 is 21.3 Å². The van der Waals surface area contributed by atoms with Gasteiger partial charge in [-0.3, -0.25) is 28.8 Å². The molecule has 0 aliphatic heterocycles. The molecule has 2 aromatic carbocycles. The number of carbonyl (C=O) groups excluding carboxylic acids is 1. The highest BCUT2D eigenvalue weighted by atomic mass is 32.1. The van der Waals surface area contributed by atoms with Gasteiger partial charge in [-0.05, 0) is 34.7 Å². The third-order valence-electron chi connectivity index (χ3n) is 5.51. The number of carbonyl (C=O) groups is 1. The summed E-state index contributed by atoms with van der Waals surface area (Å²) in [5.41, 5.74) is 0.774. The zero-order chi connectivity index (χ0) is 24.9. The van der Waals surface area contributed by atoms with E-state index in [1.807, 2.05) is 12.1 Å². The van der Waals surface area contributed by atoms with Crippen molar-refractivity contribution in [1.29, 1.82) is 0 Å². The van der Waals surface area contributed by atoms with Gasteiger partial charge in [0.1, 0.15) is 10.4 Å². The number of thiophene rings is 1. The molecule has 11 heteroatoms. The predicted molar refractivity (Wildman–Crippen MR) is 132 cm³/mol. The average Bonchev–Trinajstić information content (AvgIpc) is 3.36. The molecular formula is C24H22N4O6S. The molecule has 0 radical (unpaired) electrons. The molecule has 0 spiro atoms. The van der Waals surface area contributed by atoms with Crippen molar-refractivity contribution in [2.24, 2.45) is 0 Å². The van der Waals surface area contributed by atoms with E-state index >= 15 is 0 Å². The Bertz CT molecular complexity index is 1500. The van der Waals surface area contributed by atoms with Crippen LogP contribution in [0.3, 0.4) is 0 Å². The molecule has 180 valence electrons. The standard InChI is InChI=1S/C24H22N4O6S/c1-34-19-7-5-16(6-8-19)14-25-21(29)9-11-26-23(30)22-20(10-12-35-22)27(24(26)31)15-17-3-2-4-18(13-17)28(32)33/h2-8,10,12-13H,9,11,14-15H2,1H3,(H,25,29). The average molecular weight is 495 g/mol. The Morgan fingerprint density at radius 3 is 2.57 bits per heavy atom. The lowest BCUT2D eigenvalue weighted by atomic mass is 10.2. The van der Waals surface area contributed by atoms with Crippen LogP contribution in [0, 0.1) is 10.1 Å². The fraction of sp³-hybridized carbons (Fsp3) is 0.208. The number of fused-ring (bicyclic) bond motifs is 1. The molecule has 4 rings (SSSR count). The maximum Gasteiger partial charge on any atom is 0.331 e. The smallest absolute Gasteiger partial charge is 0.331 e. The number of rotatable bonds is 9. The Kier molecular flexibility index (Phi) is 7.06. The van der Waals surface area contributed by atoms with Crippen molar-refractivity contribution in [2.45, 2.75) is 26.1 Å². The lowest BCUT2D eigenvalue weighted by molar-refractivity contribution is -0.384. The van der Waals surface area contributed by atoms with E-state index in [2.05, 4.69) is 5.32 Å². The Hall–Kier alpha value is -4.25. The van der Waals surface area contributed by atoms with Gasteiger partial charge in [0.25, 0.3) is 11.2 Å². The second-order valence-electron chi connectivity index (χ2n) is 7.76. The van der Waals surface area contributed by atoms with Gasteiger partial charge in [-0.25, -0.2) is 4.79 Å². The van der Waals surface area contributed by atoms with Gasteiger partial charge < -0.3 is 10.1 Å². The number of nitrogens with one attached hydrogen (secondary N) is 1. The van der Waals surface area contributed by atoms with Crippen LogP contribution >= 0.6 is 11.3 Å². The molecule has 35 heavy (non-hydrogen) atoms. The number of ether oxygens (including phenoxy) is 1. The molecule has 0 saturated carbocycles. The predicted octanol–water partition coefficient (Wildman–Crippen LogP) is 2.90. The second-order valence-corrected chi connectivity index (χ2v) is 8.68. The molecule has 0 aliphatic rings. The van der Waals surface area contributed by atoms with E-state index in [0.717, 1.165) is 10.1 Å². The monoisotopic (exact) mass is 494 g/mol. The molecule has 0 saturated heterocycles. The van der Waals surface area contributed by atoms with E-state index in [4.69, 9.17) is 4.74 Å². The van der Waals surface area contributed by atoms with Crippen molar-refractivity contribution < 1.29 is 14.5 Å². The first-order chi connectivity index (χ1) is 16.9. The van der Waals surface area contributed by atoms with Crippen LogP contribution in [0.5, 0.6) is 5.75 Å². The number of hydrogen-bond acceptors (Lipinski definition) is 7. The molecule has 2 heterocycles. The largest absolute Gasteiger partial charge is 0.497 e. The van der Waals surface area contributed by atoms with Gasteiger partial charge in [0.05, 0.1) is 24.1 Å². The van der Waals surface area contributed by atoms with Gasteiger partial charge in [-0.1, -0.05) is 24.3 Å². The molecule has 0 bridgehead atoms. The summed E-state index contributed by atoms with van der Waals surface area (Å²) in [4.78, 5) is 49.2. The van der Waals surface area contributed by atoms with Gasteiger partial charge >= 0.3 is 5.69 Å². The number of amides is 1. The molecule has 2 aromatic heterocycles. The quantitative estimate of drug-likeness (QED) is 0.282. The molecule has 10 nitrogen and oxygen atoms in total. The van der Waals surface area contributed by atoms with Gasteiger partial charge in [-0.2, -0.15) is 0 Å². The number of non-ortho nitro benzene ring substituents is 1. The van der Waals surface area contributed by atoms with E-state index in [-0.39, 0.29) is 31.1 Å². The number of nitro groups is 1. The van der Waals surface area contributed by atoms with Gasteiger partial charge in [0.15, 0.2) is 0 Å². The third kappa shape index (κ3) is 5.30. The number of methoxy groups -OCH3 is 1. The summed E-state index contributed by atoms with van der Waals surface area (Å²) < 4.78 is 7.94. The molecule has 1 amide bonds. The molecule has 4 aromatic rings. The highest BCUT2D eigenvalue weighted by Gasteiger charge is 2.16. The number of nitrogens with zero attached hydrogens (tertiary/aromatic N) is 3. The lowest BCUT2D eigenvalue weighted by Crippen LogP contribution is -2.40. The van der Waals surface area contributed by atoms with Crippen LogP contribution in [0.2, 0.25) is 0 Å². The first-order valence-electron chi connectivity index (χ1n) is 10.7. The molecule has 0 aliphatic carbocycles. The van der Waals surface area contributed by atoms with E-state index < -0.39 is 16.2 Å². The number of hydrogen-bond donors (Lipinski definition) is 1. The Labute approximate surface area is 203 Å². The molecule has 0 fully saturated rings. The van der Waals surface area contributed by atoms with Gasteiger partial charge in [0, 0.05) is 31.6 Å². The molecule has 1 N–H and O–H groups in total. The van der Waals surface area contributed by atoms with Crippen LogP contribution in [0.1, 0.15) is 17.5 Å². The fourth-order valence-electron chi connectivity index (χ4n) is 3.68. The minimum absolute atomic E-state index is 0.0533. The zero-order valence-corrected chi connectivity index (χ0v) is 19.6. The van der Waals surface area contributed by atoms with Crippen LogP contribution in [0.25, 0.3) is 10.2 Å². The Balaban J connectivity index is 1.53. The first kappa shape index (κ1) is 23.9. The van der Waals surface area contributed by atoms with Crippen LogP contribution in [0.15, 0.2) is 69.6 Å². The summed E-state index contributed by atoms with van der Waals surface area (Å²) >= 11 is 1.20. The maximum absolute atomic E-state index is 13.2. The van der Waals surface area contributed by atoms with Gasteiger partial charge in [-0.15, -0.1) is 11.3 Å². The van der Waals surface area contributed by atoms with Crippen LogP contribution in [-0.4, -0.2) is 27.1 Å². The minimum atomic E-state index is -0.574. The first-order valence-corrected chi connectivity index (χ1v) is 11.6. The maximum atomic E-state index is 13.2. The summed E-state index contributed by atoms with van der Waals surface area (Å²) in [5.74, 6) is 0.411. The normalized spacial score (nSPS) is 10.9. The van der Waals surface area contributed by atoms with E-state index in [1.165, 1.54) is 28.0 Å². The Morgan fingerprint density at radius 2 is 1.86 bits per heavy atom. The number of benzene rings is 2. The van der Waals surface area contributed by atoms with Crippen molar-refractivity contribution >= 4 is 33.1 Å². The fourth-order valence-corrected chi connectivity index (χ4v) is 4.52. The third-order valence-corrected chi connectivity index (χ3v) is 6.40. The van der Waals surface area contributed by atoms with Crippen LogP contribution in [-0.2, 0) is 24.4 Å². The Morgan fingerprint density at radius 1 is 1.09 bits per heavy atom. The summed E-state index contributed by atoms with van der Waals surface area (Å²) in [6, 6.07) is 14.9. The highest BCUT2D eigenvalue weighted by Crippen LogP contribution is 2.18. The molecular weight excluding hydrogens is 472 g/mol. The van der Waals surface area contributed by atoms with E-state index in [1.54, 1.807) is 42.8 Å². The zero-order valence-electron chi connectivity index (χ0n) is 18.8. The van der Waals surface area contributed by atoms with Crippen molar-refractivity contribution in [1.82, 2.24) is 14.5 Å². The summed E-state index contributed by atoms with van der Waals surface area (Å²) in [6.07, 6.45) is -0.0566. The molecule has 0 atom stereocenters. The van der Waals surface area contributed by atoms with Crippen molar-refractivity contribution in [2.75, 3.05) is 7.11 Å². The number of aromatic nitrogens is 2. The molecule has 0 unspecified atom stereocenters. The van der Waals surface area contributed by atoms with E-state index in [0.29, 0.717) is 28.1 Å². The SMILES string of the molecule is COc1ccc(CNC(=O)CCn2c(=O)c3sccc3n(Cc3cccc([N+](=O)[O-])c3)c2=O)cc1. The van der Waals surface area contributed by atoms with Crippen LogP contribution in [0.4, 0.5) is 5.69 Å². The van der Waals surface area contributed by atoms with E-state index in [9.17, 15) is 24.5 Å². The lowest BCUT2D eigenvalue weighted by Gasteiger charge is -2.12. The summed E-state index contributed by atoms with van der Waals surface area (Å²) in [6.45, 7) is 0.269. The van der Waals surface area contributed by atoms with Crippen molar-refractivity contribution in [3.05, 3.63) is 102 Å². The minimum Gasteiger partial charge on any atom is -0.497 e. The number of nitro benzene ring substituents is 1. The summed E-state index contributed by atoms with van der Waals surface area (Å²) in [5, 5.41) is 15.6. The summed E-state index contributed by atoms with van der Waals surface area (Å²) in [7, 11) is 1.57. The topological polar surface area (TPSA) is 125 Å². The highest BCUT2D eigenvalue weighted by molar-refractivity contribution is 7.17. The van der Waals surface area contributed by atoms with Crippen molar-refractivity contribution in [3.63, 3.8) is 0 Å². The van der Waals surface area contributed by atoms with Gasteiger partial charge in [0.2, 0.25) is 5.91 Å². The second kappa shape index (κ2) is 10.3. The van der Waals surface area contributed by atoms with Crippen molar-refractivity contribution in [3.8, 4) is 5.75 Å².